The van der Waals surface area contributed by atoms with Crippen LogP contribution in [-0.4, -0.2) is 48.8 Å². The van der Waals surface area contributed by atoms with Gasteiger partial charge in [0.1, 0.15) is 0 Å². The highest BCUT2D eigenvalue weighted by molar-refractivity contribution is 5.50. The van der Waals surface area contributed by atoms with Crippen molar-refractivity contribution in [3.63, 3.8) is 0 Å². The predicted octanol–water partition coefficient (Wildman–Crippen LogP) is 0.474. The molecule has 1 rings (SSSR count). The molecule has 2 atom stereocenters. The molecule has 0 spiro atoms. The molecule has 0 aromatic rings. The maximum Gasteiger partial charge on any atom is 0.209 e. The first-order chi connectivity index (χ1) is 6.70. The Labute approximate surface area is 84.9 Å². The van der Waals surface area contributed by atoms with Gasteiger partial charge in [0.25, 0.3) is 0 Å². The van der Waals surface area contributed by atoms with Crippen molar-refractivity contribution in [2.45, 2.75) is 37.8 Å². The van der Waals surface area contributed by atoms with Gasteiger partial charge in [-0.3, -0.25) is 9.59 Å². The van der Waals surface area contributed by atoms with Crippen LogP contribution in [0.2, 0.25) is 0 Å². The Morgan fingerprint density at radius 1 is 0.929 bits per heavy atom. The molecule has 0 radical (unpaired) electrons. The number of amides is 2. The van der Waals surface area contributed by atoms with E-state index in [1.54, 1.807) is 23.9 Å². The standard InChI is InChI=1S/C10H18N2O2/c1-11(7-13)9-5-3-4-6-10(9)12(2)8-14/h7-10H,3-6H2,1-2H3/t9-,10-/m1/s1. The summed E-state index contributed by atoms with van der Waals surface area (Å²) in [5.41, 5.74) is 0. The summed E-state index contributed by atoms with van der Waals surface area (Å²) in [4.78, 5) is 24.7. The minimum atomic E-state index is 0.191. The van der Waals surface area contributed by atoms with Crippen molar-refractivity contribution in [1.29, 1.82) is 0 Å². The molecule has 0 saturated heterocycles. The Kier molecular flexibility index (Phi) is 3.92. The van der Waals surface area contributed by atoms with E-state index in [0.29, 0.717) is 0 Å². The molecule has 2 amide bonds. The molecule has 1 saturated carbocycles. The van der Waals surface area contributed by atoms with Crippen molar-refractivity contribution in [3.8, 4) is 0 Å². The summed E-state index contributed by atoms with van der Waals surface area (Å²) in [5, 5.41) is 0. The van der Waals surface area contributed by atoms with Crippen LogP contribution in [0.5, 0.6) is 0 Å². The summed E-state index contributed by atoms with van der Waals surface area (Å²) < 4.78 is 0. The molecular weight excluding hydrogens is 180 g/mol. The molecule has 80 valence electrons. The summed E-state index contributed by atoms with van der Waals surface area (Å²) >= 11 is 0. The van der Waals surface area contributed by atoms with E-state index in [0.717, 1.165) is 38.5 Å². The van der Waals surface area contributed by atoms with Gasteiger partial charge in [0.2, 0.25) is 12.8 Å². The topological polar surface area (TPSA) is 40.6 Å². The summed E-state index contributed by atoms with van der Waals surface area (Å²) in [6, 6.07) is 0.382. The lowest BCUT2D eigenvalue weighted by Crippen LogP contribution is -2.50. The van der Waals surface area contributed by atoms with Gasteiger partial charge in [0, 0.05) is 14.1 Å². The van der Waals surface area contributed by atoms with Gasteiger partial charge in [-0.15, -0.1) is 0 Å². The van der Waals surface area contributed by atoms with Gasteiger partial charge in [-0.1, -0.05) is 12.8 Å². The van der Waals surface area contributed by atoms with E-state index in [-0.39, 0.29) is 12.1 Å². The molecule has 0 heterocycles. The zero-order valence-electron chi connectivity index (χ0n) is 8.85. The lowest BCUT2D eigenvalue weighted by atomic mass is 9.89. The molecular formula is C10H18N2O2. The van der Waals surface area contributed by atoms with Gasteiger partial charge < -0.3 is 9.80 Å². The molecule has 14 heavy (non-hydrogen) atoms. The van der Waals surface area contributed by atoms with Crippen LogP contribution in [0.4, 0.5) is 0 Å². The fourth-order valence-corrected chi connectivity index (χ4v) is 2.20. The summed E-state index contributed by atoms with van der Waals surface area (Å²) in [5.74, 6) is 0. The molecule has 1 fully saturated rings. The maximum absolute atomic E-state index is 10.7. The second-order valence-corrected chi connectivity index (χ2v) is 3.96. The molecule has 4 nitrogen and oxygen atoms in total. The number of hydrogen-bond acceptors (Lipinski definition) is 2. The van der Waals surface area contributed by atoms with Crippen molar-refractivity contribution < 1.29 is 9.59 Å². The lowest BCUT2D eigenvalue weighted by molar-refractivity contribution is -0.126. The predicted molar refractivity (Wildman–Crippen MR) is 53.7 cm³/mol. The monoisotopic (exact) mass is 198 g/mol. The summed E-state index contributed by atoms with van der Waals surface area (Å²) in [6.45, 7) is 0. The largest absolute Gasteiger partial charge is 0.343 e. The van der Waals surface area contributed by atoms with Gasteiger partial charge in [-0.2, -0.15) is 0 Å². The minimum Gasteiger partial charge on any atom is -0.343 e. The minimum absolute atomic E-state index is 0.191. The summed E-state index contributed by atoms with van der Waals surface area (Å²) in [6.07, 6.45) is 5.98. The first-order valence-corrected chi connectivity index (χ1v) is 5.05. The third-order valence-electron chi connectivity index (χ3n) is 3.07. The van der Waals surface area contributed by atoms with E-state index in [1.807, 2.05) is 0 Å². The van der Waals surface area contributed by atoms with Gasteiger partial charge in [-0.05, 0) is 12.8 Å². The molecule has 1 aliphatic rings. The second kappa shape index (κ2) is 4.98. The number of nitrogens with zero attached hydrogens (tertiary/aromatic N) is 2. The molecule has 0 aromatic carbocycles. The normalized spacial score (nSPS) is 26.7. The highest BCUT2D eigenvalue weighted by Gasteiger charge is 2.30. The van der Waals surface area contributed by atoms with Crippen molar-refractivity contribution in [3.05, 3.63) is 0 Å². The average molecular weight is 198 g/mol. The summed E-state index contributed by atoms with van der Waals surface area (Å²) in [7, 11) is 3.57. The van der Waals surface area contributed by atoms with Gasteiger partial charge in [0.05, 0.1) is 12.1 Å². The molecule has 0 unspecified atom stereocenters. The van der Waals surface area contributed by atoms with Crippen LogP contribution >= 0.6 is 0 Å². The van der Waals surface area contributed by atoms with E-state index in [1.165, 1.54) is 0 Å². The Morgan fingerprint density at radius 2 is 1.29 bits per heavy atom. The molecule has 0 N–H and O–H groups in total. The first kappa shape index (κ1) is 11.0. The fourth-order valence-electron chi connectivity index (χ4n) is 2.20. The molecule has 1 aliphatic carbocycles. The molecule has 0 bridgehead atoms. The van der Waals surface area contributed by atoms with Gasteiger partial charge in [0.15, 0.2) is 0 Å². The first-order valence-electron chi connectivity index (χ1n) is 5.05. The number of likely N-dealkylation sites (N-methyl/N-ethyl adjacent to an activating group) is 2. The van der Waals surface area contributed by atoms with Crippen LogP contribution in [0.3, 0.4) is 0 Å². The highest BCUT2D eigenvalue weighted by atomic mass is 16.1. The number of rotatable bonds is 4. The quantitative estimate of drug-likeness (QED) is 0.616. The van der Waals surface area contributed by atoms with E-state index >= 15 is 0 Å². The molecule has 4 heteroatoms. The van der Waals surface area contributed by atoms with Crippen molar-refractivity contribution in [1.82, 2.24) is 9.80 Å². The molecule has 0 aromatic heterocycles. The number of carbonyl (C=O) groups excluding carboxylic acids is 2. The SMILES string of the molecule is CN(C=O)[C@@H]1CCCC[C@H]1N(C)C=O. The average Bonchev–Trinajstić information content (AvgIpc) is 2.27. The Morgan fingerprint density at radius 3 is 1.57 bits per heavy atom. The number of carbonyl (C=O) groups is 2. The smallest absolute Gasteiger partial charge is 0.209 e. The maximum atomic E-state index is 10.7. The van der Waals surface area contributed by atoms with Crippen molar-refractivity contribution in [2.75, 3.05) is 14.1 Å². The second-order valence-electron chi connectivity index (χ2n) is 3.96. The Bertz CT molecular complexity index is 186. The fraction of sp³-hybridized carbons (Fsp3) is 0.800. The van der Waals surface area contributed by atoms with Gasteiger partial charge >= 0.3 is 0 Å². The lowest BCUT2D eigenvalue weighted by Gasteiger charge is -2.39. The van der Waals surface area contributed by atoms with Crippen LogP contribution < -0.4 is 0 Å². The van der Waals surface area contributed by atoms with Crippen molar-refractivity contribution >= 4 is 12.8 Å². The van der Waals surface area contributed by atoms with E-state index in [4.69, 9.17) is 0 Å². The van der Waals surface area contributed by atoms with Crippen LogP contribution in [0.25, 0.3) is 0 Å². The number of hydrogen-bond donors (Lipinski definition) is 0. The van der Waals surface area contributed by atoms with Crippen LogP contribution in [0, 0.1) is 0 Å². The van der Waals surface area contributed by atoms with Crippen LogP contribution in [-0.2, 0) is 9.59 Å². The highest BCUT2D eigenvalue weighted by Crippen LogP contribution is 2.24. The third-order valence-corrected chi connectivity index (χ3v) is 3.07. The zero-order valence-corrected chi connectivity index (χ0v) is 8.85. The van der Waals surface area contributed by atoms with Gasteiger partial charge in [-0.25, -0.2) is 0 Å². The van der Waals surface area contributed by atoms with E-state index in [2.05, 4.69) is 0 Å². The Hall–Kier alpha value is -1.06. The zero-order chi connectivity index (χ0) is 10.6. The Balaban J connectivity index is 2.67. The third kappa shape index (κ3) is 2.25. The van der Waals surface area contributed by atoms with E-state index < -0.39 is 0 Å². The molecule has 0 aliphatic heterocycles. The van der Waals surface area contributed by atoms with Crippen molar-refractivity contribution in [2.24, 2.45) is 0 Å². The van der Waals surface area contributed by atoms with Crippen LogP contribution in [0.1, 0.15) is 25.7 Å². The van der Waals surface area contributed by atoms with Crippen LogP contribution in [0.15, 0.2) is 0 Å². The van der Waals surface area contributed by atoms with E-state index in [9.17, 15) is 9.59 Å².